The molecular formula is C25H30FN3O2S. The van der Waals surface area contributed by atoms with Crippen LogP contribution in [0.1, 0.15) is 66.2 Å². The number of nitrogens with zero attached hydrogens (tertiary/aromatic N) is 1. The molecule has 0 fully saturated rings. The Hall–Kier alpha value is -2.45. The molecule has 32 heavy (non-hydrogen) atoms. The molecule has 0 saturated carbocycles. The maximum absolute atomic E-state index is 13.2. The minimum Gasteiger partial charge on any atom is -0.281 e. The predicted octanol–water partition coefficient (Wildman–Crippen LogP) is 6.59. The summed E-state index contributed by atoms with van der Waals surface area (Å²) in [6.45, 7) is 2.16. The van der Waals surface area contributed by atoms with Gasteiger partial charge in [-0.05, 0) is 67.4 Å². The van der Waals surface area contributed by atoms with E-state index in [4.69, 9.17) is 10.5 Å². The van der Waals surface area contributed by atoms with Crippen LogP contribution in [0.5, 0.6) is 0 Å². The van der Waals surface area contributed by atoms with Crippen LogP contribution in [0.25, 0.3) is 6.08 Å². The monoisotopic (exact) mass is 455 g/mol. The first kappa shape index (κ1) is 24.2. The third kappa shape index (κ3) is 6.53. The van der Waals surface area contributed by atoms with Gasteiger partial charge in [0.15, 0.2) is 0 Å². The molecule has 1 heterocycles. The van der Waals surface area contributed by atoms with Crippen LogP contribution in [-0.4, -0.2) is 20.7 Å². The lowest BCUT2D eigenvalue weighted by atomic mass is 9.91. The molecule has 4 rings (SSSR count). The number of aromatic nitrogens is 2. The molecule has 7 heteroatoms. The van der Waals surface area contributed by atoms with Crippen molar-refractivity contribution < 1.29 is 14.9 Å². The fraction of sp³-hybridized carbons (Fsp3) is 0.320. The summed E-state index contributed by atoms with van der Waals surface area (Å²) in [7, 11) is 0. The second kappa shape index (κ2) is 12.6. The molecule has 2 atom stereocenters. The topological polar surface area (TPSA) is 81.2 Å². The summed E-state index contributed by atoms with van der Waals surface area (Å²) in [5.74, 6) is 0.230. The molecule has 5 nitrogen and oxygen atoms in total. The average Bonchev–Trinajstić information content (AvgIpc) is 3.13. The maximum Gasteiger partial charge on any atom is 0.123 e. The first-order valence-corrected chi connectivity index (χ1v) is 11.7. The van der Waals surface area contributed by atoms with Crippen LogP contribution in [0.4, 0.5) is 4.39 Å². The quantitative estimate of drug-likeness (QED) is 0.140. The van der Waals surface area contributed by atoms with E-state index in [1.165, 1.54) is 35.2 Å². The van der Waals surface area contributed by atoms with E-state index in [0.29, 0.717) is 5.92 Å². The van der Waals surface area contributed by atoms with Crippen LogP contribution in [0.2, 0.25) is 0 Å². The third-order valence-corrected chi connectivity index (χ3v) is 6.56. The van der Waals surface area contributed by atoms with Gasteiger partial charge in [0.05, 0.1) is 5.69 Å². The fourth-order valence-corrected chi connectivity index (χ4v) is 4.74. The largest absolute Gasteiger partial charge is 0.281 e. The van der Waals surface area contributed by atoms with Crippen molar-refractivity contribution >= 4 is 18.0 Å². The molecule has 4 N–H and O–H groups in total. The summed E-state index contributed by atoms with van der Waals surface area (Å²) >= 11 is 1.60. The van der Waals surface area contributed by atoms with Gasteiger partial charge in [0, 0.05) is 23.2 Å². The predicted molar refractivity (Wildman–Crippen MR) is 129 cm³/mol. The van der Waals surface area contributed by atoms with Crippen molar-refractivity contribution in [1.82, 2.24) is 14.9 Å². The zero-order valence-electron chi connectivity index (χ0n) is 18.2. The van der Waals surface area contributed by atoms with E-state index < -0.39 is 0 Å². The van der Waals surface area contributed by atoms with Gasteiger partial charge in [0.25, 0.3) is 0 Å². The Bertz CT molecular complexity index is 977. The molecule has 0 saturated heterocycles. The smallest absolute Gasteiger partial charge is 0.123 e. The van der Waals surface area contributed by atoms with Crippen molar-refractivity contribution in [2.45, 2.75) is 51.0 Å². The number of halogens is 1. The van der Waals surface area contributed by atoms with Crippen LogP contribution in [0.15, 0.2) is 60.0 Å². The highest BCUT2D eigenvalue weighted by Gasteiger charge is 2.23. The molecule has 0 bridgehead atoms. The fourth-order valence-electron chi connectivity index (χ4n) is 4.13. The lowest BCUT2D eigenvalue weighted by Gasteiger charge is -2.14. The molecule has 3 aromatic rings. The second-order valence-corrected chi connectivity index (χ2v) is 8.69. The van der Waals surface area contributed by atoms with Crippen molar-refractivity contribution in [3.05, 3.63) is 93.9 Å². The Kier molecular flexibility index (Phi) is 9.49. The van der Waals surface area contributed by atoms with Crippen molar-refractivity contribution in [3.63, 3.8) is 0 Å². The van der Waals surface area contributed by atoms with Gasteiger partial charge in [-0.15, -0.1) is 0 Å². The maximum atomic E-state index is 13.2. The van der Waals surface area contributed by atoms with E-state index in [1.807, 2.05) is 18.2 Å². The number of nitrogens with one attached hydrogen (secondary N) is 2. The van der Waals surface area contributed by atoms with Crippen molar-refractivity contribution in [3.8, 4) is 0 Å². The van der Waals surface area contributed by atoms with Crippen LogP contribution in [0, 0.1) is 5.82 Å². The number of aromatic amines is 1. The summed E-state index contributed by atoms with van der Waals surface area (Å²) < 4.78 is 16.7. The van der Waals surface area contributed by atoms with Gasteiger partial charge in [-0.2, -0.15) is 5.10 Å². The standard InChI is InChI=1S/C25H28FN3S.H2O2/c1-18(20-7-3-2-4-8-20)29-30-16-15-24-23-10-6-5-9-21(25(23)28-27-24)17-19-11-13-22(26)14-12-19;1-2/h2-4,7-8,11-16,18,21,29H,5-6,9-10,17H2,1H3,(H,27,28);1-2H/b16-15+;/t18-,21?;/m0./s1. The Balaban J connectivity index is 0.00000141. The number of fused-ring (bicyclic) bond motifs is 1. The van der Waals surface area contributed by atoms with Gasteiger partial charge in [-0.1, -0.05) is 60.8 Å². The van der Waals surface area contributed by atoms with Crippen LogP contribution < -0.4 is 4.72 Å². The van der Waals surface area contributed by atoms with Crippen LogP contribution in [0.3, 0.4) is 0 Å². The van der Waals surface area contributed by atoms with E-state index in [0.717, 1.165) is 25.0 Å². The van der Waals surface area contributed by atoms with E-state index >= 15 is 0 Å². The van der Waals surface area contributed by atoms with E-state index in [2.05, 4.69) is 57.6 Å². The summed E-state index contributed by atoms with van der Waals surface area (Å²) in [6.07, 6.45) is 7.62. The number of rotatable bonds is 7. The number of hydrogen-bond acceptors (Lipinski definition) is 5. The van der Waals surface area contributed by atoms with Gasteiger partial charge < -0.3 is 0 Å². The summed E-state index contributed by atoms with van der Waals surface area (Å²) in [4.78, 5) is 0. The van der Waals surface area contributed by atoms with Gasteiger partial charge in [-0.3, -0.25) is 20.3 Å². The first-order chi connectivity index (χ1) is 15.7. The van der Waals surface area contributed by atoms with Gasteiger partial charge in [0.2, 0.25) is 0 Å². The average molecular weight is 456 g/mol. The molecule has 1 unspecified atom stereocenters. The highest BCUT2D eigenvalue weighted by atomic mass is 32.2. The van der Waals surface area contributed by atoms with Crippen LogP contribution in [-0.2, 0) is 12.8 Å². The second-order valence-electron chi connectivity index (χ2n) is 7.95. The van der Waals surface area contributed by atoms with E-state index in [1.54, 1.807) is 24.1 Å². The van der Waals surface area contributed by atoms with E-state index in [-0.39, 0.29) is 11.9 Å². The van der Waals surface area contributed by atoms with Gasteiger partial charge >= 0.3 is 0 Å². The van der Waals surface area contributed by atoms with Gasteiger partial charge in [-0.25, -0.2) is 4.39 Å². The lowest BCUT2D eigenvalue weighted by molar-refractivity contribution is -0.176. The molecule has 1 aliphatic carbocycles. The van der Waals surface area contributed by atoms with Crippen molar-refractivity contribution in [2.24, 2.45) is 0 Å². The normalized spacial score (nSPS) is 16.7. The Morgan fingerprint density at radius 3 is 2.66 bits per heavy atom. The zero-order chi connectivity index (χ0) is 22.8. The molecule has 1 aromatic heterocycles. The Morgan fingerprint density at radius 1 is 1.16 bits per heavy atom. The Morgan fingerprint density at radius 2 is 1.91 bits per heavy atom. The number of hydrogen-bond donors (Lipinski definition) is 4. The molecule has 1 aliphatic rings. The minimum atomic E-state index is -0.179. The molecule has 0 radical (unpaired) electrons. The first-order valence-electron chi connectivity index (χ1n) is 10.8. The van der Waals surface area contributed by atoms with Crippen LogP contribution >= 0.6 is 11.9 Å². The number of benzene rings is 2. The van der Waals surface area contributed by atoms with E-state index in [9.17, 15) is 4.39 Å². The Labute approximate surface area is 192 Å². The van der Waals surface area contributed by atoms with Crippen molar-refractivity contribution in [2.75, 3.05) is 0 Å². The van der Waals surface area contributed by atoms with Gasteiger partial charge in [0.1, 0.15) is 5.82 Å². The molecule has 0 spiro atoms. The molecule has 2 aromatic carbocycles. The summed E-state index contributed by atoms with van der Waals surface area (Å²) in [6, 6.07) is 17.6. The molecule has 0 aliphatic heterocycles. The minimum absolute atomic E-state index is 0.179. The van der Waals surface area contributed by atoms with Crippen molar-refractivity contribution in [1.29, 1.82) is 0 Å². The highest BCUT2D eigenvalue weighted by molar-refractivity contribution is 8.00. The molecule has 170 valence electrons. The summed E-state index contributed by atoms with van der Waals surface area (Å²) in [5.41, 5.74) is 6.09. The molecular weight excluding hydrogens is 425 g/mol. The highest BCUT2D eigenvalue weighted by Crippen LogP contribution is 2.34. The SMILES string of the molecule is C[C@H](NS/C=C/c1n[nH]c2c1CCCCC2Cc1ccc(F)cc1)c1ccccc1.OO. The lowest BCUT2D eigenvalue weighted by Crippen LogP contribution is -2.08. The number of H-pyrrole nitrogens is 1. The molecule has 0 amide bonds. The summed E-state index contributed by atoms with van der Waals surface area (Å²) in [5, 5.41) is 22.0. The zero-order valence-corrected chi connectivity index (χ0v) is 19.0. The third-order valence-electron chi connectivity index (χ3n) is 5.80.